The largest absolute Gasteiger partial charge is 0.426 e. The predicted molar refractivity (Wildman–Crippen MR) is 80.9 cm³/mol. The van der Waals surface area contributed by atoms with Crippen LogP contribution in [0.2, 0.25) is 5.15 Å². The standard InChI is InChI=1S/C12H8ClN3O4S2/c13-9-10(16-6-7-21-11(16)14-9)22(18,19)15-12(17)20-8-4-2-1-3-5-8/h1-7H,(H,15,17). The monoisotopic (exact) mass is 357 g/mol. The Morgan fingerprint density at radius 1 is 1.32 bits per heavy atom. The van der Waals surface area contributed by atoms with Crippen LogP contribution in [0.5, 0.6) is 5.75 Å². The van der Waals surface area contributed by atoms with Gasteiger partial charge in [-0.05, 0) is 12.1 Å². The molecular formula is C12H8ClN3O4S2. The van der Waals surface area contributed by atoms with Crippen molar-refractivity contribution in [2.45, 2.75) is 5.03 Å². The molecule has 1 N–H and O–H groups in total. The number of nitrogens with zero attached hydrogens (tertiary/aromatic N) is 2. The number of carbonyl (C=O) groups excluding carboxylic acids is 1. The second-order valence-electron chi connectivity index (χ2n) is 4.07. The molecule has 0 aliphatic carbocycles. The summed E-state index contributed by atoms with van der Waals surface area (Å²) in [5, 5.41) is 1.13. The number of carbonyl (C=O) groups is 1. The molecule has 0 fully saturated rings. The Hall–Kier alpha value is -2.10. The number of nitrogens with one attached hydrogen (secondary N) is 1. The minimum absolute atomic E-state index is 0.216. The van der Waals surface area contributed by atoms with Gasteiger partial charge in [-0.2, -0.15) is 8.42 Å². The number of halogens is 1. The van der Waals surface area contributed by atoms with E-state index in [1.165, 1.54) is 34.1 Å². The van der Waals surface area contributed by atoms with Crippen LogP contribution in [0.1, 0.15) is 0 Å². The highest BCUT2D eigenvalue weighted by molar-refractivity contribution is 7.90. The minimum Gasteiger partial charge on any atom is -0.410 e. The first-order chi connectivity index (χ1) is 10.5. The summed E-state index contributed by atoms with van der Waals surface area (Å²) in [6.07, 6.45) is 0.364. The van der Waals surface area contributed by atoms with Crippen molar-refractivity contribution in [3.05, 3.63) is 47.1 Å². The van der Waals surface area contributed by atoms with Crippen molar-refractivity contribution in [2.24, 2.45) is 0 Å². The summed E-state index contributed by atoms with van der Waals surface area (Å²) in [7, 11) is -4.21. The van der Waals surface area contributed by atoms with Crippen LogP contribution in [0, 0.1) is 0 Å². The van der Waals surface area contributed by atoms with Crippen molar-refractivity contribution in [1.82, 2.24) is 14.1 Å². The Kier molecular flexibility index (Phi) is 3.77. The molecular weight excluding hydrogens is 350 g/mol. The number of fused-ring (bicyclic) bond motifs is 1. The third-order valence-electron chi connectivity index (χ3n) is 2.60. The fourth-order valence-electron chi connectivity index (χ4n) is 1.75. The van der Waals surface area contributed by atoms with Gasteiger partial charge in [-0.25, -0.2) is 14.5 Å². The maximum Gasteiger partial charge on any atom is 0.426 e. The van der Waals surface area contributed by atoms with Gasteiger partial charge in [0, 0.05) is 11.6 Å². The zero-order chi connectivity index (χ0) is 15.7. The molecule has 0 radical (unpaired) electrons. The summed E-state index contributed by atoms with van der Waals surface area (Å²) >= 11 is 7.06. The lowest BCUT2D eigenvalue weighted by atomic mass is 10.3. The molecule has 0 saturated carbocycles. The molecule has 7 nitrogen and oxygen atoms in total. The number of benzene rings is 1. The molecule has 0 saturated heterocycles. The summed E-state index contributed by atoms with van der Waals surface area (Å²) in [6, 6.07) is 8.09. The predicted octanol–water partition coefficient (Wildman–Crippen LogP) is 2.53. The number of imidazole rings is 1. The van der Waals surface area contributed by atoms with E-state index in [1.54, 1.807) is 28.3 Å². The van der Waals surface area contributed by atoms with E-state index in [0.29, 0.717) is 4.96 Å². The number of thiazole rings is 1. The van der Waals surface area contributed by atoms with Gasteiger partial charge in [0.05, 0.1) is 0 Å². The minimum atomic E-state index is -4.21. The van der Waals surface area contributed by atoms with Gasteiger partial charge < -0.3 is 4.74 Å². The number of rotatable bonds is 3. The topological polar surface area (TPSA) is 89.8 Å². The molecule has 2 aromatic heterocycles. The lowest BCUT2D eigenvalue weighted by molar-refractivity contribution is 0.207. The first-order valence-corrected chi connectivity index (χ1v) is 8.62. The van der Waals surface area contributed by atoms with Crippen molar-refractivity contribution in [3.63, 3.8) is 0 Å². The SMILES string of the molecule is O=C(NS(=O)(=O)c1c(Cl)nc2sccn12)Oc1ccccc1. The molecule has 10 heteroatoms. The number of hydrogen-bond acceptors (Lipinski definition) is 6. The maximum atomic E-state index is 12.3. The van der Waals surface area contributed by atoms with E-state index in [2.05, 4.69) is 4.98 Å². The molecule has 2 heterocycles. The molecule has 0 unspecified atom stereocenters. The molecule has 0 bridgehead atoms. The van der Waals surface area contributed by atoms with Crippen molar-refractivity contribution in [1.29, 1.82) is 0 Å². The van der Waals surface area contributed by atoms with Crippen LogP contribution in [0.3, 0.4) is 0 Å². The zero-order valence-corrected chi connectivity index (χ0v) is 13.2. The second-order valence-corrected chi connectivity index (χ2v) is 6.90. The van der Waals surface area contributed by atoms with Crippen molar-refractivity contribution in [2.75, 3.05) is 0 Å². The normalized spacial score (nSPS) is 11.5. The van der Waals surface area contributed by atoms with Gasteiger partial charge in [-0.3, -0.25) is 4.40 Å². The Bertz CT molecular complexity index is 934. The Morgan fingerprint density at radius 3 is 2.77 bits per heavy atom. The fourth-order valence-corrected chi connectivity index (χ4v) is 4.08. The second kappa shape index (κ2) is 5.59. The molecule has 0 aliphatic heterocycles. The Labute approximate surface area is 134 Å². The van der Waals surface area contributed by atoms with Gasteiger partial charge in [-0.15, -0.1) is 11.3 Å². The van der Waals surface area contributed by atoms with Gasteiger partial charge in [0.15, 0.2) is 15.1 Å². The van der Waals surface area contributed by atoms with Crippen LogP contribution < -0.4 is 9.46 Å². The van der Waals surface area contributed by atoms with Crippen LogP contribution in [0.15, 0.2) is 46.9 Å². The van der Waals surface area contributed by atoms with E-state index in [4.69, 9.17) is 16.3 Å². The van der Waals surface area contributed by atoms with Crippen LogP contribution in [0.25, 0.3) is 4.96 Å². The van der Waals surface area contributed by atoms with Crippen LogP contribution in [-0.2, 0) is 10.0 Å². The highest BCUT2D eigenvalue weighted by atomic mass is 35.5. The van der Waals surface area contributed by atoms with Crippen LogP contribution in [0.4, 0.5) is 4.79 Å². The Balaban J connectivity index is 1.86. The quantitative estimate of drug-likeness (QED) is 0.777. The number of ether oxygens (including phenoxy) is 1. The van der Waals surface area contributed by atoms with E-state index in [9.17, 15) is 13.2 Å². The van der Waals surface area contributed by atoms with Crippen molar-refractivity contribution < 1.29 is 17.9 Å². The third-order valence-corrected chi connectivity index (χ3v) is 5.07. The zero-order valence-electron chi connectivity index (χ0n) is 10.8. The highest BCUT2D eigenvalue weighted by Crippen LogP contribution is 2.25. The van der Waals surface area contributed by atoms with Gasteiger partial charge in [-0.1, -0.05) is 29.8 Å². The smallest absolute Gasteiger partial charge is 0.410 e. The van der Waals surface area contributed by atoms with Gasteiger partial charge in [0.1, 0.15) is 5.75 Å². The number of amides is 1. The molecule has 3 rings (SSSR count). The summed E-state index contributed by atoms with van der Waals surface area (Å²) in [5.74, 6) is 0.218. The summed E-state index contributed by atoms with van der Waals surface area (Å²) < 4.78 is 32.5. The summed E-state index contributed by atoms with van der Waals surface area (Å²) in [6.45, 7) is 0. The summed E-state index contributed by atoms with van der Waals surface area (Å²) in [4.78, 5) is 16.0. The highest BCUT2D eigenvalue weighted by Gasteiger charge is 2.27. The molecule has 1 amide bonds. The van der Waals surface area contributed by atoms with E-state index in [0.717, 1.165) is 0 Å². The van der Waals surface area contributed by atoms with Crippen LogP contribution in [-0.4, -0.2) is 23.9 Å². The molecule has 1 aromatic carbocycles. The number of aromatic nitrogens is 2. The molecule has 0 spiro atoms. The van der Waals surface area contributed by atoms with E-state index < -0.39 is 16.1 Å². The third kappa shape index (κ3) is 2.78. The number of sulfonamides is 1. The number of hydrogen-bond donors (Lipinski definition) is 1. The van der Waals surface area contributed by atoms with E-state index >= 15 is 0 Å². The van der Waals surface area contributed by atoms with E-state index in [1.807, 2.05) is 0 Å². The van der Waals surface area contributed by atoms with Crippen molar-refractivity contribution >= 4 is 44.0 Å². The van der Waals surface area contributed by atoms with Gasteiger partial charge in [0.2, 0.25) is 0 Å². The average Bonchev–Trinajstić information content (AvgIpc) is 2.98. The van der Waals surface area contributed by atoms with Crippen LogP contribution >= 0.6 is 22.9 Å². The lowest BCUT2D eigenvalue weighted by Crippen LogP contribution is -2.33. The first-order valence-electron chi connectivity index (χ1n) is 5.88. The molecule has 0 aliphatic rings. The van der Waals surface area contributed by atoms with E-state index in [-0.39, 0.29) is 15.9 Å². The van der Waals surface area contributed by atoms with Gasteiger partial charge >= 0.3 is 6.09 Å². The van der Waals surface area contributed by atoms with Crippen molar-refractivity contribution in [3.8, 4) is 5.75 Å². The molecule has 114 valence electrons. The Morgan fingerprint density at radius 2 is 2.05 bits per heavy atom. The molecule has 22 heavy (non-hydrogen) atoms. The summed E-state index contributed by atoms with van der Waals surface area (Å²) in [5.41, 5.74) is 0. The maximum absolute atomic E-state index is 12.3. The average molecular weight is 358 g/mol. The molecule has 3 aromatic rings. The lowest BCUT2D eigenvalue weighted by Gasteiger charge is -2.07. The first kappa shape index (κ1) is 14.8. The fraction of sp³-hybridized carbons (Fsp3) is 0. The number of para-hydroxylation sites is 1. The molecule has 0 atom stereocenters. The van der Waals surface area contributed by atoms with Gasteiger partial charge in [0.25, 0.3) is 10.0 Å².